The standard InChI is InChI=1S/C25H29N7O2S/c1-34-21-16-17(10-11-20(21)33)23(24-27-28-29-32(24)18-6-2-3-7-18)30-12-14-31(15-13-30)25-26-19-8-4-5-9-22(19)35-25/h4-5,8-11,16,18,23,33H,2-3,6-7,12-15H2,1H3. The van der Waals surface area contributed by atoms with Gasteiger partial charge in [0.2, 0.25) is 0 Å². The Labute approximate surface area is 208 Å². The van der Waals surface area contributed by atoms with Gasteiger partial charge in [0, 0.05) is 26.2 Å². The number of hydrogen-bond donors (Lipinski definition) is 1. The predicted octanol–water partition coefficient (Wildman–Crippen LogP) is 4.02. The van der Waals surface area contributed by atoms with Gasteiger partial charge in [-0.3, -0.25) is 4.90 Å². The van der Waals surface area contributed by atoms with E-state index in [1.807, 2.05) is 22.9 Å². The molecule has 35 heavy (non-hydrogen) atoms. The second-order valence-corrected chi connectivity index (χ2v) is 10.3. The molecule has 1 aliphatic heterocycles. The van der Waals surface area contributed by atoms with E-state index in [-0.39, 0.29) is 11.8 Å². The van der Waals surface area contributed by atoms with Crippen molar-refractivity contribution in [3.05, 3.63) is 53.9 Å². The molecule has 1 saturated heterocycles. The maximum atomic E-state index is 10.2. The van der Waals surface area contributed by atoms with E-state index in [1.165, 1.54) is 17.5 Å². The SMILES string of the molecule is COc1cc(C(c2nnnn2C2CCCC2)N2CCN(c3nc4ccccc4s3)CC2)ccc1O. The smallest absolute Gasteiger partial charge is 0.186 e. The van der Waals surface area contributed by atoms with E-state index >= 15 is 0 Å². The number of hydrogen-bond acceptors (Lipinski definition) is 9. The summed E-state index contributed by atoms with van der Waals surface area (Å²) in [4.78, 5) is 9.67. The molecule has 0 spiro atoms. The average Bonchev–Trinajstić information content (AvgIpc) is 3.66. The lowest BCUT2D eigenvalue weighted by Gasteiger charge is -2.39. The van der Waals surface area contributed by atoms with Crippen LogP contribution in [0.3, 0.4) is 0 Å². The van der Waals surface area contributed by atoms with Crippen molar-refractivity contribution in [3.8, 4) is 11.5 Å². The number of aromatic hydroxyl groups is 1. The Hall–Kier alpha value is -3.24. The predicted molar refractivity (Wildman–Crippen MR) is 135 cm³/mol. The topological polar surface area (TPSA) is 92.4 Å². The molecule has 182 valence electrons. The molecule has 0 bridgehead atoms. The summed E-state index contributed by atoms with van der Waals surface area (Å²) < 4.78 is 8.69. The number of tetrazole rings is 1. The summed E-state index contributed by atoms with van der Waals surface area (Å²) in [6.07, 6.45) is 4.63. The summed E-state index contributed by atoms with van der Waals surface area (Å²) in [5.41, 5.74) is 2.07. The number of ether oxygens (including phenoxy) is 1. The minimum atomic E-state index is -0.127. The van der Waals surface area contributed by atoms with Crippen molar-refractivity contribution in [1.29, 1.82) is 0 Å². The van der Waals surface area contributed by atoms with Crippen LogP contribution < -0.4 is 9.64 Å². The van der Waals surface area contributed by atoms with Crippen LogP contribution in [-0.2, 0) is 0 Å². The van der Waals surface area contributed by atoms with Gasteiger partial charge in [0.1, 0.15) is 0 Å². The molecular formula is C25H29N7O2S. The fourth-order valence-electron chi connectivity index (χ4n) is 5.34. The lowest BCUT2D eigenvalue weighted by molar-refractivity contribution is 0.197. The van der Waals surface area contributed by atoms with Crippen LogP contribution in [0.25, 0.3) is 10.2 Å². The molecule has 4 aromatic rings. The third-order valence-corrected chi connectivity index (χ3v) is 8.28. The number of phenolic OH excluding ortho intramolecular Hbond substituents is 1. The van der Waals surface area contributed by atoms with Crippen LogP contribution in [-0.4, -0.2) is 68.5 Å². The van der Waals surface area contributed by atoms with Crippen LogP contribution >= 0.6 is 11.3 Å². The van der Waals surface area contributed by atoms with Gasteiger partial charge in [-0.15, -0.1) is 5.10 Å². The number of aromatic nitrogens is 5. The number of benzene rings is 2. The average molecular weight is 492 g/mol. The molecule has 9 nitrogen and oxygen atoms in total. The lowest BCUT2D eigenvalue weighted by Crippen LogP contribution is -2.48. The number of para-hydroxylation sites is 1. The Morgan fingerprint density at radius 1 is 1.06 bits per heavy atom. The van der Waals surface area contributed by atoms with E-state index in [1.54, 1.807) is 24.5 Å². The number of anilines is 1. The molecule has 1 saturated carbocycles. The Balaban J connectivity index is 1.30. The van der Waals surface area contributed by atoms with Gasteiger partial charge in [0.25, 0.3) is 0 Å². The first-order chi connectivity index (χ1) is 17.2. The molecule has 2 aromatic heterocycles. The zero-order valence-electron chi connectivity index (χ0n) is 19.7. The second kappa shape index (κ2) is 9.43. The van der Waals surface area contributed by atoms with Crippen LogP contribution in [0.15, 0.2) is 42.5 Å². The van der Waals surface area contributed by atoms with E-state index in [0.717, 1.165) is 61.1 Å². The number of nitrogens with zero attached hydrogens (tertiary/aromatic N) is 7. The van der Waals surface area contributed by atoms with Crippen LogP contribution in [0.2, 0.25) is 0 Å². The monoisotopic (exact) mass is 491 g/mol. The molecule has 6 rings (SSSR count). The minimum absolute atomic E-state index is 0.127. The van der Waals surface area contributed by atoms with Gasteiger partial charge in [-0.05, 0) is 53.1 Å². The van der Waals surface area contributed by atoms with E-state index < -0.39 is 0 Å². The summed E-state index contributed by atoms with van der Waals surface area (Å²) in [5, 5.41) is 24.3. The molecule has 1 unspecified atom stereocenters. The first-order valence-electron chi connectivity index (χ1n) is 12.2. The van der Waals surface area contributed by atoms with E-state index in [0.29, 0.717) is 11.8 Å². The van der Waals surface area contributed by atoms with Gasteiger partial charge in [0.15, 0.2) is 22.5 Å². The first kappa shape index (κ1) is 22.2. The number of piperazine rings is 1. The van der Waals surface area contributed by atoms with E-state index in [9.17, 15) is 5.11 Å². The molecule has 1 N–H and O–H groups in total. The van der Waals surface area contributed by atoms with Crippen molar-refractivity contribution in [2.45, 2.75) is 37.8 Å². The molecule has 3 heterocycles. The van der Waals surface area contributed by atoms with Crippen molar-refractivity contribution in [3.63, 3.8) is 0 Å². The Morgan fingerprint density at radius 2 is 1.86 bits per heavy atom. The Bertz CT molecular complexity index is 1280. The van der Waals surface area contributed by atoms with E-state index in [2.05, 4.69) is 43.5 Å². The number of methoxy groups -OCH3 is 1. The maximum Gasteiger partial charge on any atom is 0.186 e. The second-order valence-electron chi connectivity index (χ2n) is 9.24. The Morgan fingerprint density at radius 3 is 2.63 bits per heavy atom. The molecule has 2 aromatic carbocycles. The van der Waals surface area contributed by atoms with E-state index in [4.69, 9.17) is 9.72 Å². The molecule has 10 heteroatoms. The van der Waals surface area contributed by atoms with Crippen molar-refractivity contribution in [1.82, 2.24) is 30.1 Å². The zero-order valence-corrected chi connectivity index (χ0v) is 20.6. The largest absolute Gasteiger partial charge is 0.504 e. The summed E-state index contributed by atoms with van der Waals surface area (Å²) in [6, 6.07) is 14.1. The fraction of sp³-hybridized carbons (Fsp3) is 0.440. The third kappa shape index (κ3) is 4.21. The number of thiazole rings is 1. The van der Waals surface area contributed by atoms with Crippen LogP contribution in [0, 0.1) is 0 Å². The van der Waals surface area contributed by atoms with Gasteiger partial charge in [-0.25, -0.2) is 9.67 Å². The molecule has 0 amide bonds. The van der Waals surface area contributed by atoms with Crippen molar-refractivity contribution in [2.75, 3.05) is 38.2 Å². The summed E-state index contributed by atoms with van der Waals surface area (Å²) in [7, 11) is 1.58. The fourth-order valence-corrected chi connectivity index (χ4v) is 6.36. The van der Waals surface area contributed by atoms with Crippen LogP contribution in [0.5, 0.6) is 11.5 Å². The molecule has 2 aliphatic rings. The summed E-state index contributed by atoms with van der Waals surface area (Å²) in [5.74, 6) is 1.45. The maximum absolute atomic E-state index is 10.2. The quantitative estimate of drug-likeness (QED) is 0.432. The highest BCUT2D eigenvalue weighted by Gasteiger charge is 2.34. The van der Waals surface area contributed by atoms with Crippen molar-refractivity contribution >= 4 is 26.7 Å². The lowest BCUT2D eigenvalue weighted by atomic mass is 10.0. The van der Waals surface area contributed by atoms with Crippen LogP contribution in [0.4, 0.5) is 5.13 Å². The summed E-state index contributed by atoms with van der Waals surface area (Å²) in [6.45, 7) is 3.44. The highest BCUT2D eigenvalue weighted by Crippen LogP contribution is 2.38. The normalized spacial score (nSPS) is 18.4. The molecule has 0 radical (unpaired) electrons. The van der Waals surface area contributed by atoms with Gasteiger partial charge < -0.3 is 14.7 Å². The van der Waals surface area contributed by atoms with Gasteiger partial charge in [-0.2, -0.15) is 0 Å². The third-order valence-electron chi connectivity index (χ3n) is 7.19. The first-order valence-corrected chi connectivity index (χ1v) is 13.0. The van der Waals surface area contributed by atoms with Gasteiger partial charge in [0.05, 0.1) is 29.4 Å². The number of phenols is 1. The highest BCUT2D eigenvalue weighted by atomic mass is 32.1. The molecule has 1 atom stereocenters. The molecular weight excluding hydrogens is 462 g/mol. The highest BCUT2D eigenvalue weighted by molar-refractivity contribution is 7.22. The van der Waals surface area contributed by atoms with Gasteiger partial charge in [-0.1, -0.05) is 42.4 Å². The van der Waals surface area contributed by atoms with Crippen molar-refractivity contribution in [2.24, 2.45) is 0 Å². The minimum Gasteiger partial charge on any atom is -0.504 e. The molecule has 1 aliphatic carbocycles. The molecule has 2 fully saturated rings. The van der Waals surface area contributed by atoms with Crippen LogP contribution in [0.1, 0.15) is 49.2 Å². The van der Waals surface area contributed by atoms with Gasteiger partial charge >= 0.3 is 0 Å². The zero-order chi connectivity index (χ0) is 23.8. The number of fused-ring (bicyclic) bond motifs is 1. The van der Waals surface area contributed by atoms with Crippen molar-refractivity contribution < 1.29 is 9.84 Å². The number of rotatable bonds is 6. The summed E-state index contributed by atoms with van der Waals surface area (Å²) >= 11 is 1.75. The Kier molecular flexibility index (Phi) is 5.99.